The summed E-state index contributed by atoms with van der Waals surface area (Å²) < 4.78 is 47.4. The molecule has 0 bridgehead atoms. The molecule has 0 N–H and O–H groups in total. The third-order valence-corrected chi connectivity index (χ3v) is 8.03. The quantitative estimate of drug-likeness (QED) is 0.489. The van der Waals surface area contributed by atoms with Crippen molar-refractivity contribution in [3.8, 4) is 0 Å². The molecule has 164 valence electrons. The van der Waals surface area contributed by atoms with E-state index >= 15 is 0 Å². The van der Waals surface area contributed by atoms with Crippen molar-refractivity contribution in [3.05, 3.63) is 81.3 Å². The second-order valence-electron chi connectivity index (χ2n) is 7.26. The Morgan fingerprint density at radius 2 is 1.84 bits per heavy atom. The molecule has 0 aliphatic carbocycles. The maximum atomic E-state index is 13.9. The van der Waals surface area contributed by atoms with Crippen LogP contribution in [0, 0.1) is 5.82 Å². The fourth-order valence-electron chi connectivity index (χ4n) is 3.43. The van der Waals surface area contributed by atoms with Crippen molar-refractivity contribution >= 4 is 38.6 Å². The normalized spacial score (nSPS) is 15.2. The van der Waals surface area contributed by atoms with Crippen LogP contribution in [0.4, 0.5) is 10.1 Å². The van der Waals surface area contributed by atoms with E-state index in [9.17, 15) is 12.8 Å². The number of ether oxygens (including phenoxy) is 1. The van der Waals surface area contributed by atoms with Gasteiger partial charge in [-0.15, -0.1) is 11.3 Å². The minimum absolute atomic E-state index is 0.103. The van der Waals surface area contributed by atoms with Crippen LogP contribution in [0.15, 0.2) is 64.9 Å². The first-order chi connectivity index (χ1) is 14.9. The van der Waals surface area contributed by atoms with Gasteiger partial charge in [-0.2, -0.15) is 0 Å². The average Bonchev–Trinajstić information content (AvgIpc) is 3.20. The predicted octanol–water partition coefficient (Wildman–Crippen LogP) is 4.77. The van der Waals surface area contributed by atoms with E-state index < -0.39 is 15.8 Å². The van der Waals surface area contributed by atoms with Gasteiger partial charge in [-0.05, 0) is 59.5 Å². The van der Waals surface area contributed by atoms with Crippen LogP contribution in [0.25, 0.3) is 0 Å². The summed E-state index contributed by atoms with van der Waals surface area (Å²) >= 11 is 7.42. The van der Waals surface area contributed by atoms with Crippen molar-refractivity contribution in [1.29, 1.82) is 0 Å². The minimum Gasteiger partial charge on any atom is -0.379 e. The van der Waals surface area contributed by atoms with E-state index in [4.69, 9.17) is 16.3 Å². The van der Waals surface area contributed by atoms with Crippen LogP contribution < -0.4 is 4.31 Å². The molecule has 0 radical (unpaired) electrons. The van der Waals surface area contributed by atoms with Gasteiger partial charge in [-0.25, -0.2) is 12.8 Å². The van der Waals surface area contributed by atoms with E-state index in [2.05, 4.69) is 4.90 Å². The SMILES string of the molecule is O=S(=O)(c1ccc(Cl)cc1)N(Cc1cc(CN2CCOCC2)cs1)c1cccc(F)c1. The fraction of sp³-hybridized carbons (Fsp3) is 0.273. The molecule has 2 aromatic carbocycles. The monoisotopic (exact) mass is 480 g/mol. The summed E-state index contributed by atoms with van der Waals surface area (Å²) in [4.78, 5) is 3.29. The first-order valence-electron chi connectivity index (χ1n) is 9.82. The molecule has 31 heavy (non-hydrogen) atoms. The average molecular weight is 481 g/mol. The van der Waals surface area contributed by atoms with E-state index in [1.54, 1.807) is 6.07 Å². The van der Waals surface area contributed by atoms with Crippen molar-refractivity contribution in [1.82, 2.24) is 4.90 Å². The molecule has 9 heteroatoms. The molecule has 4 rings (SSSR count). The van der Waals surface area contributed by atoms with Crippen molar-refractivity contribution in [3.63, 3.8) is 0 Å². The number of morpholine rings is 1. The van der Waals surface area contributed by atoms with Gasteiger partial charge in [-0.1, -0.05) is 17.7 Å². The van der Waals surface area contributed by atoms with Gasteiger partial charge in [0.2, 0.25) is 0 Å². The number of hydrogen-bond acceptors (Lipinski definition) is 5. The Morgan fingerprint density at radius 1 is 1.10 bits per heavy atom. The van der Waals surface area contributed by atoms with Gasteiger partial charge in [-0.3, -0.25) is 9.21 Å². The molecular weight excluding hydrogens is 459 g/mol. The summed E-state index contributed by atoms with van der Waals surface area (Å²) in [6.07, 6.45) is 0. The predicted molar refractivity (Wildman–Crippen MR) is 122 cm³/mol. The first kappa shape index (κ1) is 22.2. The number of anilines is 1. The standard InChI is InChI=1S/C22H22ClFN2O3S2/c23-18-4-6-22(7-5-18)31(27,28)26(20-3-1-2-19(24)13-20)15-21-12-17(16-30-21)14-25-8-10-29-11-9-25/h1-7,12-13,16H,8-11,14-15H2. The Balaban J connectivity index is 1.62. The largest absolute Gasteiger partial charge is 0.379 e. The van der Waals surface area contributed by atoms with Crippen molar-refractivity contribution in [2.45, 2.75) is 18.0 Å². The maximum absolute atomic E-state index is 13.9. The highest BCUT2D eigenvalue weighted by molar-refractivity contribution is 7.92. The fourth-order valence-corrected chi connectivity index (χ4v) is 5.94. The molecule has 0 amide bonds. The topological polar surface area (TPSA) is 49.9 Å². The van der Waals surface area contributed by atoms with Gasteiger partial charge in [0.1, 0.15) is 5.82 Å². The number of hydrogen-bond donors (Lipinski definition) is 0. The van der Waals surface area contributed by atoms with Gasteiger partial charge < -0.3 is 4.74 Å². The number of halogens is 2. The lowest BCUT2D eigenvalue weighted by molar-refractivity contribution is 0.0342. The Hall–Kier alpha value is -1.97. The Bertz CT molecular complexity index is 1130. The Morgan fingerprint density at radius 3 is 2.55 bits per heavy atom. The molecule has 1 aliphatic heterocycles. The molecule has 3 aromatic rings. The Kier molecular flexibility index (Phi) is 6.93. The third-order valence-electron chi connectivity index (χ3n) is 5.02. The van der Waals surface area contributed by atoms with Crippen molar-refractivity contribution < 1.29 is 17.5 Å². The molecule has 0 spiro atoms. The lowest BCUT2D eigenvalue weighted by Crippen LogP contribution is -2.35. The number of sulfonamides is 1. The summed E-state index contributed by atoms with van der Waals surface area (Å²) in [7, 11) is -3.92. The van der Waals surface area contributed by atoms with Gasteiger partial charge >= 0.3 is 0 Å². The summed E-state index contributed by atoms with van der Waals surface area (Å²) in [6, 6.07) is 13.6. The Labute approximate surface area is 190 Å². The summed E-state index contributed by atoms with van der Waals surface area (Å²) in [6.45, 7) is 4.12. The zero-order chi connectivity index (χ0) is 21.8. The van der Waals surface area contributed by atoms with Crippen molar-refractivity contribution in [2.75, 3.05) is 30.6 Å². The van der Waals surface area contributed by atoms with Gasteiger partial charge in [0, 0.05) is 29.5 Å². The van der Waals surface area contributed by atoms with Crippen LogP contribution in [0.5, 0.6) is 0 Å². The van der Waals surface area contributed by atoms with Gasteiger partial charge in [0.25, 0.3) is 10.0 Å². The van der Waals surface area contributed by atoms with Crippen LogP contribution in [-0.2, 0) is 27.8 Å². The molecule has 0 unspecified atom stereocenters. The molecule has 1 aromatic heterocycles. The highest BCUT2D eigenvalue weighted by Gasteiger charge is 2.26. The highest BCUT2D eigenvalue weighted by atomic mass is 35.5. The van der Waals surface area contributed by atoms with Crippen LogP contribution in [0.2, 0.25) is 5.02 Å². The third kappa shape index (κ3) is 5.45. The van der Waals surface area contributed by atoms with Gasteiger partial charge in [0.15, 0.2) is 0 Å². The van der Waals surface area contributed by atoms with Gasteiger partial charge in [0.05, 0.1) is 30.3 Å². The molecule has 0 atom stereocenters. The van der Waals surface area contributed by atoms with E-state index in [1.807, 2.05) is 11.4 Å². The molecule has 5 nitrogen and oxygen atoms in total. The second-order valence-corrected chi connectivity index (χ2v) is 10.5. The van der Waals surface area contributed by atoms with Crippen LogP contribution >= 0.6 is 22.9 Å². The number of rotatable bonds is 7. The molecule has 1 aliphatic rings. The second kappa shape index (κ2) is 9.67. The number of benzene rings is 2. The zero-order valence-electron chi connectivity index (χ0n) is 16.7. The molecule has 2 heterocycles. The maximum Gasteiger partial charge on any atom is 0.264 e. The molecule has 1 fully saturated rings. The van der Waals surface area contributed by atoms with Crippen LogP contribution in [0.3, 0.4) is 0 Å². The number of nitrogens with zero attached hydrogens (tertiary/aromatic N) is 2. The molecule has 0 saturated carbocycles. The summed E-state index contributed by atoms with van der Waals surface area (Å²) in [5, 5.41) is 2.49. The van der Waals surface area contributed by atoms with E-state index in [1.165, 1.54) is 58.1 Å². The van der Waals surface area contributed by atoms with E-state index in [0.717, 1.165) is 43.3 Å². The highest BCUT2D eigenvalue weighted by Crippen LogP contribution is 2.29. The lowest BCUT2D eigenvalue weighted by atomic mass is 10.2. The summed E-state index contributed by atoms with van der Waals surface area (Å²) in [5.41, 5.74) is 1.41. The van der Waals surface area contributed by atoms with E-state index in [-0.39, 0.29) is 17.1 Å². The van der Waals surface area contributed by atoms with Crippen LogP contribution in [-0.4, -0.2) is 39.6 Å². The lowest BCUT2D eigenvalue weighted by Gasteiger charge is -2.26. The number of thiophene rings is 1. The zero-order valence-corrected chi connectivity index (χ0v) is 19.1. The van der Waals surface area contributed by atoms with E-state index in [0.29, 0.717) is 5.02 Å². The van der Waals surface area contributed by atoms with Crippen molar-refractivity contribution in [2.24, 2.45) is 0 Å². The minimum atomic E-state index is -3.92. The molecule has 1 saturated heterocycles. The first-order valence-corrected chi connectivity index (χ1v) is 12.5. The molecular formula is C22H22ClFN2O3S2. The smallest absolute Gasteiger partial charge is 0.264 e. The van der Waals surface area contributed by atoms with Crippen LogP contribution in [0.1, 0.15) is 10.4 Å². The summed E-state index contributed by atoms with van der Waals surface area (Å²) in [5.74, 6) is -0.493.